The molecule has 0 saturated carbocycles. The minimum atomic E-state index is -0.264. The van der Waals surface area contributed by atoms with E-state index in [2.05, 4.69) is 10.1 Å². The summed E-state index contributed by atoms with van der Waals surface area (Å²) in [6.07, 6.45) is 2.25. The van der Waals surface area contributed by atoms with Crippen LogP contribution in [0.3, 0.4) is 0 Å². The van der Waals surface area contributed by atoms with Crippen LogP contribution >= 0.6 is 11.3 Å². The van der Waals surface area contributed by atoms with Crippen LogP contribution in [-0.4, -0.2) is 49.4 Å². The normalized spacial score (nSPS) is 15.3. The molecule has 2 heterocycles. The number of amides is 2. The van der Waals surface area contributed by atoms with Gasteiger partial charge in [0.15, 0.2) is 0 Å². The quantitative estimate of drug-likeness (QED) is 0.632. The zero-order valence-corrected chi connectivity index (χ0v) is 14.1. The molecule has 1 N–H and O–H groups in total. The lowest BCUT2D eigenvalue weighted by molar-refractivity contribution is -0.140. The van der Waals surface area contributed by atoms with Gasteiger partial charge in [-0.15, -0.1) is 11.3 Å². The Hall–Kier alpha value is -1.89. The Morgan fingerprint density at radius 2 is 2.09 bits per heavy atom. The maximum atomic E-state index is 12.2. The van der Waals surface area contributed by atoms with E-state index in [0.717, 1.165) is 4.88 Å². The fourth-order valence-corrected chi connectivity index (χ4v) is 3.28. The number of piperidine rings is 1. The largest absolute Gasteiger partial charge is 0.469 e. The van der Waals surface area contributed by atoms with Crippen LogP contribution in [0, 0.1) is 5.92 Å². The molecule has 0 aromatic carbocycles. The number of carbonyl (C=O) groups excluding carboxylic acids is 3. The fourth-order valence-electron chi connectivity index (χ4n) is 2.59. The van der Waals surface area contributed by atoms with Gasteiger partial charge in [-0.25, -0.2) is 0 Å². The molecule has 0 aliphatic carbocycles. The first-order valence-electron chi connectivity index (χ1n) is 7.79. The Labute approximate surface area is 139 Å². The average molecular weight is 338 g/mol. The zero-order valence-electron chi connectivity index (χ0n) is 13.2. The SMILES string of the molecule is COC(=O)CCCNC(=O)C1CCN(C(=O)c2cccs2)CC1. The molecule has 7 heteroatoms. The topological polar surface area (TPSA) is 75.7 Å². The van der Waals surface area contributed by atoms with Gasteiger partial charge in [0.25, 0.3) is 5.91 Å². The van der Waals surface area contributed by atoms with Crippen LogP contribution in [0.1, 0.15) is 35.4 Å². The van der Waals surface area contributed by atoms with Gasteiger partial charge in [-0.05, 0) is 30.7 Å². The van der Waals surface area contributed by atoms with Crippen molar-refractivity contribution in [2.45, 2.75) is 25.7 Å². The standard InChI is InChI=1S/C16H22N2O4S/c1-22-14(19)5-2-8-17-15(20)12-6-9-18(10-7-12)16(21)13-4-3-11-23-13/h3-4,11-12H,2,5-10H2,1H3,(H,17,20). The zero-order chi connectivity index (χ0) is 16.7. The molecule has 1 aliphatic heterocycles. The number of hydrogen-bond acceptors (Lipinski definition) is 5. The predicted molar refractivity (Wildman–Crippen MR) is 87.2 cm³/mol. The number of esters is 1. The highest BCUT2D eigenvalue weighted by atomic mass is 32.1. The van der Waals surface area contributed by atoms with Gasteiger partial charge < -0.3 is 15.0 Å². The summed E-state index contributed by atoms with van der Waals surface area (Å²) in [7, 11) is 1.35. The van der Waals surface area contributed by atoms with E-state index in [0.29, 0.717) is 45.3 Å². The van der Waals surface area contributed by atoms with Crippen molar-refractivity contribution in [1.29, 1.82) is 0 Å². The summed E-state index contributed by atoms with van der Waals surface area (Å²) < 4.78 is 4.55. The second-order valence-electron chi connectivity index (χ2n) is 5.51. The van der Waals surface area contributed by atoms with Crippen molar-refractivity contribution in [2.24, 2.45) is 5.92 Å². The molecule has 0 bridgehead atoms. The van der Waals surface area contributed by atoms with Crippen molar-refractivity contribution in [3.8, 4) is 0 Å². The molecule has 23 heavy (non-hydrogen) atoms. The van der Waals surface area contributed by atoms with Crippen LogP contribution in [0.4, 0.5) is 0 Å². The minimum absolute atomic E-state index is 0.0121. The van der Waals surface area contributed by atoms with Crippen LogP contribution in [0.25, 0.3) is 0 Å². The third kappa shape index (κ3) is 5.06. The first-order valence-corrected chi connectivity index (χ1v) is 8.67. The molecular formula is C16H22N2O4S. The summed E-state index contributed by atoms with van der Waals surface area (Å²) in [6.45, 7) is 1.69. The number of nitrogens with zero attached hydrogens (tertiary/aromatic N) is 1. The molecule has 1 saturated heterocycles. The number of thiophene rings is 1. The Morgan fingerprint density at radius 3 is 2.70 bits per heavy atom. The lowest BCUT2D eigenvalue weighted by Crippen LogP contribution is -2.43. The van der Waals surface area contributed by atoms with Crippen molar-refractivity contribution in [3.63, 3.8) is 0 Å². The van der Waals surface area contributed by atoms with Crippen LogP contribution < -0.4 is 5.32 Å². The van der Waals surface area contributed by atoms with E-state index < -0.39 is 0 Å². The van der Waals surface area contributed by atoms with E-state index in [4.69, 9.17) is 0 Å². The van der Waals surface area contributed by atoms with E-state index in [1.165, 1.54) is 18.4 Å². The molecule has 0 radical (unpaired) electrons. The Balaban J connectivity index is 1.68. The van der Waals surface area contributed by atoms with Crippen LogP contribution in [-0.2, 0) is 14.3 Å². The summed E-state index contributed by atoms with van der Waals surface area (Å²) in [6, 6.07) is 3.69. The van der Waals surface area contributed by atoms with Crippen molar-refractivity contribution < 1.29 is 19.1 Å². The third-order valence-electron chi connectivity index (χ3n) is 3.97. The molecule has 1 aliphatic rings. The number of carbonyl (C=O) groups is 3. The monoisotopic (exact) mass is 338 g/mol. The summed E-state index contributed by atoms with van der Waals surface area (Å²) in [5.74, 6) is -0.254. The number of methoxy groups -OCH3 is 1. The van der Waals surface area contributed by atoms with Crippen molar-refractivity contribution >= 4 is 29.1 Å². The van der Waals surface area contributed by atoms with E-state index in [9.17, 15) is 14.4 Å². The number of nitrogens with one attached hydrogen (secondary N) is 1. The Bertz CT molecular complexity index is 536. The minimum Gasteiger partial charge on any atom is -0.469 e. The molecule has 0 spiro atoms. The van der Waals surface area contributed by atoms with Crippen LogP contribution in [0.15, 0.2) is 17.5 Å². The van der Waals surface area contributed by atoms with E-state index in [1.807, 2.05) is 22.4 Å². The van der Waals surface area contributed by atoms with Gasteiger partial charge in [0.05, 0.1) is 12.0 Å². The molecule has 2 amide bonds. The predicted octanol–water partition coefficient (Wildman–Crippen LogP) is 1.67. The first kappa shape index (κ1) is 17.5. The number of likely N-dealkylation sites (tertiary alicyclic amines) is 1. The summed E-state index contributed by atoms with van der Waals surface area (Å²) in [5.41, 5.74) is 0. The summed E-state index contributed by atoms with van der Waals surface area (Å²) in [5, 5.41) is 4.75. The lowest BCUT2D eigenvalue weighted by Gasteiger charge is -2.31. The van der Waals surface area contributed by atoms with Crippen LogP contribution in [0.2, 0.25) is 0 Å². The fraction of sp³-hybridized carbons (Fsp3) is 0.562. The number of rotatable bonds is 6. The summed E-state index contributed by atoms with van der Waals surface area (Å²) in [4.78, 5) is 37.9. The number of ether oxygens (including phenoxy) is 1. The van der Waals surface area contributed by atoms with Crippen molar-refractivity contribution in [1.82, 2.24) is 10.2 Å². The van der Waals surface area contributed by atoms with Gasteiger partial charge >= 0.3 is 5.97 Å². The molecule has 0 atom stereocenters. The highest BCUT2D eigenvalue weighted by Gasteiger charge is 2.27. The van der Waals surface area contributed by atoms with Crippen molar-refractivity contribution in [2.75, 3.05) is 26.7 Å². The third-order valence-corrected chi connectivity index (χ3v) is 4.83. The van der Waals surface area contributed by atoms with Gasteiger partial charge in [0, 0.05) is 32.0 Å². The molecule has 1 aromatic rings. The maximum absolute atomic E-state index is 12.2. The van der Waals surface area contributed by atoms with Gasteiger partial charge in [-0.1, -0.05) is 6.07 Å². The average Bonchev–Trinajstić information content (AvgIpc) is 3.12. The summed E-state index contributed by atoms with van der Waals surface area (Å²) >= 11 is 1.44. The highest BCUT2D eigenvalue weighted by molar-refractivity contribution is 7.12. The second kappa shape index (κ2) is 8.67. The second-order valence-corrected chi connectivity index (χ2v) is 6.46. The molecular weight excluding hydrogens is 316 g/mol. The molecule has 1 aromatic heterocycles. The van der Waals surface area contributed by atoms with E-state index >= 15 is 0 Å². The molecule has 0 unspecified atom stereocenters. The molecule has 1 fully saturated rings. The first-order chi connectivity index (χ1) is 11.1. The van der Waals surface area contributed by atoms with Gasteiger partial charge in [-0.3, -0.25) is 14.4 Å². The van der Waals surface area contributed by atoms with Gasteiger partial charge in [0.1, 0.15) is 0 Å². The molecule has 2 rings (SSSR count). The maximum Gasteiger partial charge on any atom is 0.305 e. The smallest absolute Gasteiger partial charge is 0.305 e. The molecule has 6 nitrogen and oxygen atoms in total. The molecule has 126 valence electrons. The van der Waals surface area contributed by atoms with Crippen LogP contribution in [0.5, 0.6) is 0 Å². The Morgan fingerprint density at radius 1 is 1.35 bits per heavy atom. The number of hydrogen-bond donors (Lipinski definition) is 1. The highest BCUT2D eigenvalue weighted by Crippen LogP contribution is 2.20. The van der Waals surface area contributed by atoms with E-state index in [-0.39, 0.29) is 23.7 Å². The van der Waals surface area contributed by atoms with Crippen molar-refractivity contribution in [3.05, 3.63) is 22.4 Å². The van der Waals surface area contributed by atoms with E-state index in [1.54, 1.807) is 0 Å². The van der Waals surface area contributed by atoms with Gasteiger partial charge in [0.2, 0.25) is 5.91 Å². The van der Waals surface area contributed by atoms with Gasteiger partial charge in [-0.2, -0.15) is 0 Å². The lowest BCUT2D eigenvalue weighted by atomic mass is 9.95. The Kier molecular flexibility index (Phi) is 6.58.